The van der Waals surface area contributed by atoms with Crippen LogP contribution in [0.4, 0.5) is 4.79 Å². The zero-order valence-electron chi connectivity index (χ0n) is 9.78. The average Bonchev–Trinajstić information content (AvgIpc) is 2.15. The third-order valence-corrected chi connectivity index (χ3v) is 2.56. The minimum atomic E-state index is -0.701. The fourth-order valence-corrected chi connectivity index (χ4v) is 1.60. The topological polar surface area (TPSA) is 70.7 Å². The lowest BCUT2D eigenvalue weighted by Gasteiger charge is -2.37. The molecule has 0 aliphatic carbocycles. The lowest BCUT2D eigenvalue weighted by atomic mass is 10.1. The van der Waals surface area contributed by atoms with Crippen molar-refractivity contribution in [1.29, 1.82) is 0 Å². The normalized spacial score (nSPS) is 15.7. The van der Waals surface area contributed by atoms with Crippen LogP contribution in [0.15, 0.2) is 0 Å². The summed E-state index contributed by atoms with van der Waals surface area (Å²) in [6, 6.07) is 0.406. The molecule has 92 valence electrons. The van der Waals surface area contributed by atoms with E-state index in [4.69, 9.17) is 0 Å². The first kappa shape index (κ1) is 12.9. The number of amides is 2. The number of hydrogen-bond acceptors (Lipinski definition) is 5. The van der Waals surface area contributed by atoms with E-state index in [-0.39, 0.29) is 12.5 Å². The van der Waals surface area contributed by atoms with Crippen molar-refractivity contribution < 1.29 is 14.3 Å². The summed E-state index contributed by atoms with van der Waals surface area (Å²) in [5.41, 5.74) is 0. The molecule has 1 aliphatic heterocycles. The Morgan fingerprint density at radius 1 is 1.50 bits per heavy atom. The Labute approximate surface area is 95.3 Å². The first-order valence-electron chi connectivity index (χ1n) is 5.50. The molecule has 16 heavy (non-hydrogen) atoms. The number of nitrogens with zero attached hydrogens (tertiary/aromatic N) is 1. The molecule has 2 N–H and O–H groups in total. The van der Waals surface area contributed by atoms with Crippen molar-refractivity contribution in [3.8, 4) is 0 Å². The van der Waals surface area contributed by atoms with E-state index in [2.05, 4.69) is 27.2 Å². The summed E-state index contributed by atoms with van der Waals surface area (Å²) < 4.78 is 4.36. The molecule has 0 aromatic rings. The van der Waals surface area contributed by atoms with Gasteiger partial charge in [0, 0.05) is 19.1 Å². The van der Waals surface area contributed by atoms with Crippen LogP contribution in [0.25, 0.3) is 0 Å². The first-order chi connectivity index (χ1) is 7.67. The summed E-state index contributed by atoms with van der Waals surface area (Å²) in [5.74, 6) is -0.313. The molecule has 1 heterocycles. The summed E-state index contributed by atoms with van der Waals surface area (Å²) in [7, 11) is 1.24. The standard InChI is InChI=1S/C10H19N3O3/c1-3-4-13(8-5-11-6-8)7-9(14)12-10(15)16-2/h8,11H,3-7H2,1-2H3,(H,12,14,15). The van der Waals surface area contributed by atoms with E-state index in [1.165, 1.54) is 7.11 Å². The largest absolute Gasteiger partial charge is 0.453 e. The summed E-state index contributed by atoms with van der Waals surface area (Å²) in [4.78, 5) is 24.4. The van der Waals surface area contributed by atoms with Gasteiger partial charge >= 0.3 is 6.09 Å². The van der Waals surface area contributed by atoms with Crippen LogP contribution in [0.2, 0.25) is 0 Å². The zero-order chi connectivity index (χ0) is 12.0. The van der Waals surface area contributed by atoms with Gasteiger partial charge in [0.15, 0.2) is 0 Å². The van der Waals surface area contributed by atoms with E-state index in [0.29, 0.717) is 6.04 Å². The van der Waals surface area contributed by atoms with Crippen molar-refractivity contribution in [1.82, 2.24) is 15.5 Å². The van der Waals surface area contributed by atoms with Gasteiger partial charge < -0.3 is 10.1 Å². The molecule has 0 bridgehead atoms. The third-order valence-electron chi connectivity index (χ3n) is 2.56. The number of rotatable bonds is 5. The van der Waals surface area contributed by atoms with Crippen LogP contribution in [-0.4, -0.2) is 56.2 Å². The summed E-state index contributed by atoms with van der Waals surface area (Å²) in [6.07, 6.45) is 0.287. The van der Waals surface area contributed by atoms with Crippen LogP contribution in [0.3, 0.4) is 0 Å². The van der Waals surface area contributed by atoms with Gasteiger partial charge in [-0.05, 0) is 13.0 Å². The molecule has 0 aromatic heterocycles. The van der Waals surface area contributed by atoms with Crippen molar-refractivity contribution >= 4 is 12.0 Å². The minimum Gasteiger partial charge on any atom is -0.453 e. The first-order valence-corrected chi connectivity index (χ1v) is 5.50. The van der Waals surface area contributed by atoms with Crippen molar-refractivity contribution in [2.75, 3.05) is 33.3 Å². The van der Waals surface area contributed by atoms with Crippen LogP contribution < -0.4 is 10.6 Å². The SMILES string of the molecule is CCCN(CC(=O)NC(=O)OC)C1CNC1. The Morgan fingerprint density at radius 2 is 2.19 bits per heavy atom. The summed E-state index contributed by atoms with van der Waals surface area (Å²) >= 11 is 0. The highest BCUT2D eigenvalue weighted by atomic mass is 16.5. The molecule has 0 aromatic carbocycles. The van der Waals surface area contributed by atoms with E-state index >= 15 is 0 Å². The molecular formula is C10H19N3O3. The number of nitrogens with one attached hydrogen (secondary N) is 2. The maximum Gasteiger partial charge on any atom is 0.413 e. The number of hydrogen-bond donors (Lipinski definition) is 2. The third kappa shape index (κ3) is 3.79. The second kappa shape index (κ2) is 6.44. The van der Waals surface area contributed by atoms with Gasteiger partial charge in [0.2, 0.25) is 5.91 Å². The molecule has 1 aliphatic rings. The molecule has 0 saturated carbocycles. The van der Waals surface area contributed by atoms with Gasteiger partial charge in [0.1, 0.15) is 0 Å². The number of imide groups is 1. The van der Waals surface area contributed by atoms with E-state index in [9.17, 15) is 9.59 Å². The molecule has 6 heteroatoms. The van der Waals surface area contributed by atoms with Gasteiger partial charge in [-0.25, -0.2) is 4.79 Å². The van der Waals surface area contributed by atoms with Crippen molar-refractivity contribution in [3.05, 3.63) is 0 Å². The van der Waals surface area contributed by atoms with Crippen LogP contribution >= 0.6 is 0 Å². The van der Waals surface area contributed by atoms with Crippen molar-refractivity contribution in [2.24, 2.45) is 0 Å². The molecule has 0 spiro atoms. The molecule has 1 fully saturated rings. The maximum atomic E-state index is 11.5. The Morgan fingerprint density at radius 3 is 2.62 bits per heavy atom. The fraction of sp³-hybridized carbons (Fsp3) is 0.800. The number of carbonyl (C=O) groups excluding carboxylic acids is 2. The molecule has 2 amide bonds. The monoisotopic (exact) mass is 229 g/mol. The molecule has 1 rings (SSSR count). The second-order valence-corrected chi connectivity index (χ2v) is 3.82. The highest BCUT2D eigenvalue weighted by Crippen LogP contribution is 2.05. The van der Waals surface area contributed by atoms with Gasteiger partial charge in [0.25, 0.3) is 0 Å². The van der Waals surface area contributed by atoms with E-state index < -0.39 is 6.09 Å². The zero-order valence-corrected chi connectivity index (χ0v) is 9.78. The summed E-state index contributed by atoms with van der Waals surface area (Å²) in [6.45, 7) is 4.99. The van der Waals surface area contributed by atoms with Crippen molar-refractivity contribution in [2.45, 2.75) is 19.4 Å². The lowest BCUT2D eigenvalue weighted by molar-refractivity contribution is -0.122. The molecule has 0 atom stereocenters. The predicted molar refractivity (Wildman–Crippen MR) is 59.1 cm³/mol. The molecule has 1 saturated heterocycles. The fourth-order valence-electron chi connectivity index (χ4n) is 1.60. The van der Waals surface area contributed by atoms with E-state index in [1.807, 2.05) is 0 Å². The average molecular weight is 229 g/mol. The van der Waals surface area contributed by atoms with Gasteiger partial charge in [-0.15, -0.1) is 0 Å². The highest BCUT2D eigenvalue weighted by molar-refractivity contribution is 5.92. The van der Waals surface area contributed by atoms with Crippen molar-refractivity contribution in [3.63, 3.8) is 0 Å². The van der Waals surface area contributed by atoms with Crippen LogP contribution in [0.5, 0.6) is 0 Å². The minimum absolute atomic E-state index is 0.245. The molecular weight excluding hydrogens is 210 g/mol. The number of methoxy groups -OCH3 is 1. The van der Waals surface area contributed by atoms with Gasteiger partial charge in [-0.2, -0.15) is 0 Å². The molecule has 6 nitrogen and oxygen atoms in total. The Kier molecular flexibility index (Phi) is 5.21. The smallest absolute Gasteiger partial charge is 0.413 e. The Bertz CT molecular complexity index is 254. The van der Waals surface area contributed by atoms with Gasteiger partial charge in [-0.1, -0.05) is 6.92 Å². The number of alkyl carbamates (subject to hydrolysis) is 1. The molecule has 0 radical (unpaired) electrons. The van der Waals surface area contributed by atoms with Crippen LogP contribution in [0.1, 0.15) is 13.3 Å². The van der Waals surface area contributed by atoms with E-state index in [0.717, 1.165) is 26.1 Å². The Balaban J connectivity index is 2.35. The quantitative estimate of drug-likeness (QED) is 0.668. The molecule has 0 unspecified atom stereocenters. The number of carbonyl (C=O) groups is 2. The van der Waals surface area contributed by atoms with Crippen LogP contribution in [0, 0.1) is 0 Å². The Hall–Kier alpha value is -1.14. The van der Waals surface area contributed by atoms with E-state index in [1.54, 1.807) is 0 Å². The second-order valence-electron chi connectivity index (χ2n) is 3.82. The van der Waals surface area contributed by atoms with Gasteiger partial charge in [-0.3, -0.25) is 15.0 Å². The predicted octanol–water partition coefficient (Wildman–Crippen LogP) is -0.447. The number of ether oxygens (including phenoxy) is 1. The summed E-state index contributed by atoms with van der Waals surface area (Å²) in [5, 5.41) is 5.32. The van der Waals surface area contributed by atoms with Crippen LogP contribution in [-0.2, 0) is 9.53 Å². The highest BCUT2D eigenvalue weighted by Gasteiger charge is 2.25. The van der Waals surface area contributed by atoms with Gasteiger partial charge in [0.05, 0.1) is 13.7 Å². The lowest BCUT2D eigenvalue weighted by Crippen LogP contribution is -2.59. The maximum absolute atomic E-state index is 11.5.